The molecule has 1 aromatic rings. The summed E-state index contributed by atoms with van der Waals surface area (Å²) in [5, 5.41) is 0.523. The molecule has 0 bridgehead atoms. The maximum absolute atomic E-state index is 11.9. The normalized spacial score (nSPS) is 15.6. The van der Waals surface area contributed by atoms with Gasteiger partial charge in [-0.15, -0.1) is 0 Å². The van der Waals surface area contributed by atoms with Crippen LogP contribution >= 0.6 is 11.6 Å². The summed E-state index contributed by atoms with van der Waals surface area (Å²) in [5.41, 5.74) is 1.05. The number of ether oxygens (including phenoxy) is 2. The highest BCUT2D eigenvalue weighted by atomic mass is 35.5. The number of benzene rings is 1. The molecule has 2 rings (SSSR count). The van der Waals surface area contributed by atoms with Crippen molar-refractivity contribution in [3.63, 3.8) is 0 Å². The van der Waals surface area contributed by atoms with E-state index in [1.54, 1.807) is 11.0 Å². The average Bonchev–Trinajstić information content (AvgIpc) is 2.40. The Hall–Kier alpha value is -1.26. The average molecular weight is 270 g/mol. The minimum Gasteiger partial charge on any atom is -0.482 e. The van der Waals surface area contributed by atoms with Gasteiger partial charge in [0.15, 0.2) is 6.61 Å². The number of halogens is 1. The lowest BCUT2D eigenvalue weighted by molar-refractivity contribution is -0.137. The smallest absolute Gasteiger partial charge is 0.260 e. The third kappa shape index (κ3) is 3.37. The van der Waals surface area contributed by atoms with E-state index in [0.29, 0.717) is 37.1 Å². The standard InChI is InChI=1S/C13H16ClNO3/c1-10-2-3-11(14)12(8-10)18-9-13(16)15-4-6-17-7-5-15/h2-3,8H,4-7,9H2,1H3. The lowest BCUT2D eigenvalue weighted by atomic mass is 10.2. The first-order chi connectivity index (χ1) is 8.66. The molecule has 1 amide bonds. The molecule has 1 fully saturated rings. The SMILES string of the molecule is Cc1ccc(Cl)c(OCC(=O)N2CCOCC2)c1. The fraction of sp³-hybridized carbons (Fsp3) is 0.462. The van der Waals surface area contributed by atoms with Gasteiger partial charge in [0.05, 0.1) is 18.2 Å². The molecule has 0 atom stereocenters. The van der Waals surface area contributed by atoms with Crippen molar-refractivity contribution in [3.05, 3.63) is 28.8 Å². The molecule has 1 heterocycles. The first kappa shape index (κ1) is 13.2. The van der Waals surface area contributed by atoms with Crippen LogP contribution in [0.25, 0.3) is 0 Å². The van der Waals surface area contributed by atoms with Crippen molar-refractivity contribution in [2.75, 3.05) is 32.9 Å². The molecule has 0 spiro atoms. The van der Waals surface area contributed by atoms with Crippen LogP contribution < -0.4 is 4.74 Å². The van der Waals surface area contributed by atoms with Crippen LogP contribution in [0, 0.1) is 6.92 Å². The van der Waals surface area contributed by atoms with Gasteiger partial charge in [0, 0.05) is 13.1 Å². The topological polar surface area (TPSA) is 38.8 Å². The summed E-state index contributed by atoms with van der Waals surface area (Å²) in [6.07, 6.45) is 0. The summed E-state index contributed by atoms with van der Waals surface area (Å²) in [7, 11) is 0. The summed E-state index contributed by atoms with van der Waals surface area (Å²) >= 11 is 6.00. The molecule has 0 aliphatic carbocycles. The van der Waals surface area contributed by atoms with Crippen molar-refractivity contribution in [1.29, 1.82) is 0 Å². The zero-order valence-corrected chi connectivity index (χ0v) is 11.1. The first-order valence-electron chi connectivity index (χ1n) is 5.91. The maximum Gasteiger partial charge on any atom is 0.260 e. The van der Waals surface area contributed by atoms with Gasteiger partial charge in [0.25, 0.3) is 5.91 Å². The molecule has 98 valence electrons. The Kier molecular flexibility index (Phi) is 4.44. The summed E-state index contributed by atoms with van der Waals surface area (Å²) in [6.45, 7) is 4.41. The minimum absolute atomic E-state index is 0.0170. The molecular weight excluding hydrogens is 254 g/mol. The second-order valence-electron chi connectivity index (χ2n) is 4.22. The van der Waals surface area contributed by atoms with Crippen molar-refractivity contribution in [2.45, 2.75) is 6.92 Å². The van der Waals surface area contributed by atoms with E-state index in [1.165, 1.54) is 0 Å². The molecule has 0 unspecified atom stereocenters. The van der Waals surface area contributed by atoms with E-state index in [2.05, 4.69) is 0 Å². The number of hydrogen-bond donors (Lipinski definition) is 0. The van der Waals surface area contributed by atoms with Crippen LogP contribution in [-0.2, 0) is 9.53 Å². The Morgan fingerprint density at radius 2 is 2.17 bits per heavy atom. The van der Waals surface area contributed by atoms with Crippen LogP contribution in [0.4, 0.5) is 0 Å². The maximum atomic E-state index is 11.9. The van der Waals surface area contributed by atoms with Crippen LogP contribution in [0.3, 0.4) is 0 Å². The van der Waals surface area contributed by atoms with E-state index in [-0.39, 0.29) is 12.5 Å². The second-order valence-corrected chi connectivity index (χ2v) is 4.62. The second kappa shape index (κ2) is 6.07. The Balaban J connectivity index is 1.90. The molecule has 0 radical (unpaired) electrons. The summed E-state index contributed by atoms with van der Waals surface area (Å²) in [4.78, 5) is 13.6. The van der Waals surface area contributed by atoms with Gasteiger partial charge in [-0.3, -0.25) is 4.79 Å². The van der Waals surface area contributed by atoms with Gasteiger partial charge in [-0.05, 0) is 24.6 Å². The highest BCUT2D eigenvalue weighted by molar-refractivity contribution is 6.32. The predicted molar refractivity (Wildman–Crippen MR) is 69.1 cm³/mol. The van der Waals surface area contributed by atoms with Crippen molar-refractivity contribution in [1.82, 2.24) is 4.90 Å². The van der Waals surface area contributed by atoms with Crippen molar-refractivity contribution < 1.29 is 14.3 Å². The van der Waals surface area contributed by atoms with Crippen molar-refractivity contribution in [3.8, 4) is 5.75 Å². The molecule has 0 N–H and O–H groups in total. The number of amides is 1. The number of carbonyl (C=O) groups is 1. The van der Waals surface area contributed by atoms with E-state index in [9.17, 15) is 4.79 Å². The van der Waals surface area contributed by atoms with Crippen LogP contribution in [0.2, 0.25) is 5.02 Å². The fourth-order valence-corrected chi connectivity index (χ4v) is 1.94. The first-order valence-corrected chi connectivity index (χ1v) is 6.29. The number of hydrogen-bond acceptors (Lipinski definition) is 3. The largest absolute Gasteiger partial charge is 0.482 e. The molecule has 1 aromatic carbocycles. The minimum atomic E-state index is -0.0316. The lowest BCUT2D eigenvalue weighted by Crippen LogP contribution is -2.43. The van der Waals surface area contributed by atoms with Crippen LogP contribution in [-0.4, -0.2) is 43.7 Å². The van der Waals surface area contributed by atoms with Crippen molar-refractivity contribution in [2.24, 2.45) is 0 Å². The number of rotatable bonds is 3. The fourth-order valence-electron chi connectivity index (χ4n) is 1.76. The molecule has 1 saturated heterocycles. The number of morpholine rings is 1. The van der Waals surface area contributed by atoms with Gasteiger partial charge >= 0.3 is 0 Å². The molecule has 0 saturated carbocycles. The molecule has 0 aromatic heterocycles. The molecule has 5 heteroatoms. The van der Waals surface area contributed by atoms with E-state index in [4.69, 9.17) is 21.1 Å². The molecule has 4 nitrogen and oxygen atoms in total. The van der Waals surface area contributed by atoms with Gasteiger partial charge < -0.3 is 14.4 Å². The van der Waals surface area contributed by atoms with Gasteiger partial charge in [-0.1, -0.05) is 17.7 Å². The van der Waals surface area contributed by atoms with Crippen molar-refractivity contribution >= 4 is 17.5 Å². The Bertz CT molecular complexity index is 430. The number of carbonyl (C=O) groups excluding carboxylic acids is 1. The number of nitrogens with zero attached hydrogens (tertiary/aromatic N) is 1. The molecule has 1 aliphatic heterocycles. The van der Waals surface area contributed by atoms with Gasteiger partial charge in [0.2, 0.25) is 0 Å². The lowest BCUT2D eigenvalue weighted by Gasteiger charge is -2.26. The number of aryl methyl sites for hydroxylation is 1. The van der Waals surface area contributed by atoms with E-state index < -0.39 is 0 Å². The molecule has 18 heavy (non-hydrogen) atoms. The Labute approximate surface area is 111 Å². The van der Waals surface area contributed by atoms with Gasteiger partial charge in [-0.2, -0.15) is 0 Å². The zero-order chi connectivity index (χ0) is 13.0. The zero-order valence-electron chi connectivity index (χ0n) is 10.3. The summed E-state index contributed by atoms with van der Waals surface area (Å²) < 4.78 is 10.7. The van der Waals surface area contributed by atoms with Gasteiger partial charge in [0.1, 0.15) is 5.75 Å². The van der Waals surface area contributed by atoms with E-state index in [0.717, 1.165) is 5.56 Å². The predicted octanol–water partition coefficient (Wildman–Crippen LogP) is 1.89. The summed E-state index contributed by atoms with van der Waals surface area (Å²) in [6, 6.07) is 5.50. The third-order valence-electron chi connectivity index (χ3n) is 2.80. The van der Waals surface area contributed by atoms with Crippen LogP contribution in [0.15, 0.2) is 18.2 Å². The quantitative estimate of drug-likeness (QED) is 0.841. The van der Waals surface area contributed by atoms with Crippen LogP contribution in [0.5, 0.6) is 5.75 Å². The summed E-state index contributed by atoms with van der Waals surface area (Å²) in [5.74, 6) is 0.522. The van der Waals surface area contributed by atoms with Crippen LogP contribution in [0.1, 0.15) is 5.56 Å². The third-order valence-corrected chi connectivity index (χ3v) is 3.11. The Morgan fingerprint density at radius 1 is 1.44 bits per heavy atom. The van der Waals surface area contributed by atoms with E-state index in [1.807, 2.05) is 19.1 Å². The monoisotopic (exact) mass is 269 g/mol. The molecular formula is C13H16ClNO3. The highest BCUT2D eigenvalue weighted by Crippen LogP contribution is 2.25. The van der Waals surface area contributed by atoms with Gasteiger partial charge in [-0.25, -0.2) is 0 Å². The highest BCUT2D eigenvalue weighted by Gasteiger charge is 2.17. The van der Waals surface area contributed by atoms with E-state index >= 15 is 0 Å². The molecule has 1 aliphatic rings. The Morgan fingerprint density at radius 3 is 2.89 bits per heavy atom.